The Kier molecular flexibility index (Phi) is 12.8. The van der Waals surface area contributed by atoms with Gasteiger partial charge < -0.3 is 46.3 Å². The van der Waals surface area contributed by atoms with Gasteiger partial charge in [-0.15, -0.1) is 0 Å². The minimum absolute atomic E-state index is 0.0501. The molecule has 1 aromatic heterocycles. The number of H-pyrrole nitrogens is 1. The summed E-state index contributed by atoms with van der Waals surface area (Å²) < 4.78 is 6.65. The lowest BCUT2D eigenvalue weighted by Gasteiger charge is -2.41. The predicted molar refractivity (Wildman–Crippen MR) is 203 cm³/mol. The number of dihydropyridines is 1. The number of fused-ring (bicyclic) bond motifs is 1. The minimum atomic E-state index is -1.00. The summed E-state index contributed by atoms with van der Waals surface area (Å²) in [4.78, 5) is 3.50. The molecule has 9 nitrogen and oxygen atoms in total. The number of phenolic OH excluding ortho intramolecular Hbond substituents is 1. The number of rotatable bonds is 12. The number of allylic oxidation sites excluding steroid dienone is 4. The number of aromatic nitrogens is 1. The van der Waals surface area contributed by atoms with Crippen molar-refractivity contribution in [3.8, 4) is 23.3 Å². The number of aliphatic hydroxyl groups is 4. The van der Waals surface area contributed by atoms with Crippen molar-refractivity contribution < 1.29 is 30.3 Å². The number of benzene rings is 1. The van der Waals surface area contributed by atoms with Crippen LogP contribution in [-0.4, -0.2) is 68.1 Å². The Balaban J connectivity index is 1.31. The average Bonchev–Trinajstić information content (AvgIpc) is 3.83. The number of aromatic hydroxyl groups is 1. The van der Waals surface area contributed by atoms with Crippen molar-refractivity contribution in [1.82, 2.24) is 10.3 Å². The van der Waals surface area contributed by atoms with E-state index in [1.165, 1.54) is 0 Å². The van der Waals surface area contributed by atoms with E-state index in [-0.39, 0.29) is 53.6 Å². The molecule has 0 saturated heterocycles. The Labute approximate surface area is 309 Å². The van der Waals surface area contributed by atoms with E-state index < -0.39 is 24.4 Å². The van der Waals surface area contributed by atoms with Gasteiger partial charge in [0.2, 0.25) is 0 Å². The molecule has 0 bridgehead atoms. The number of hydrogen-bond acceptors (Lipinski definition) is 8. The Hall–Kier alpha value is -3.68. The van der Waals surface area contributed by atoms with Crippen LogP contribution < -0.4 is 15.8 Å². The zero-order chi connectivity index (χ0) is 36.7. The van der Waals surface area contributed by atoms with Crippen molar-refractivity contribution >= 4 is 0 Å². The largest absolute Gasteiger partial charge is 0.504 e. The van der Waals surface area contributed by atoms with Gasteiger partial charge in [-0.25, -0.2) is 0 Å². The monoisotopic (exact) mass is 713 g/mol. The predicted octanol–water partition coefficient (Wildman–Crippen LogP) is 5.66. The lowest BCUT2D eigenvalue weighted by molar-refractivity contribution is -0.00709. The normalized spacial score (nSPS) is 29.2. The van der Waals surface area contributed by atoms with E-state index >= 15 is 0 Å². The first-order valence-corrected chi connectivity index (χ1v) is 19.6. The van der Waals surface area contributed by atoms with Gasteiger partial charge in [-0.05, 0) is 92.3 Å². The standard InChI is InChI=1S/C43H59N3O6/c1-2-28-8-3-4-9-36(50)42-29(12-11-28)13-14-30(24-37(42)51)31-15-16-34(48)38(25-31)52-39(35(49)18-23-47)27-33(32-17-22-46-41(44)26-32)43(19-5-6-20-43)40-10-7-21-45-40/h7,10,13-17,21,25-26,28-30,33,35-37,39,42,45-51H,2-6,8-9,18-20,22-24,27,44H2,1H3/t28-,29+,30+,33+,35+,36-,37+,39+,42+/m0/s1. The number of aromatic amines is 1. The molecule has 2 heterocycles. The zero-order valence-electron chi connectivity index (χ0n) is 30.6. The first-order chi connectivity index (χ1) is 25.2. The number of ether oxygens (including phenoxy) is 1. The van der Waals surface area contributed by atoms with Crippen molar-refractivity contribution in [3.05, 3.63) is 83.5 Å². The third kappa shape index (κ3) is 8.58. The van der Waals surface area contributed by atoms with Gasteiger partial charge in [-0.2, -0.15) is 0 Å². The fraction of sp³-hybridized carbons (Fsp3) is 0.581. The summed E-state index contributed by atoms with van der Waals surface area (Å²) in [5.41, 5.74) is 9.17. The van der Waals surface area contributed by atoms with Crippen molar-refractivity contribution in [2.75, 3.05) is 13.2 Å². The van der Waals surface area contributed by atoms with Crippen LogP contribution in [0, 0.1) is 35.5 Å². The van der Waals surface area contributed by atoms with Gasteiger partial charge in [-0.3, -0.25) is 0 Å². The molecule has 0 amide bonds. The van der Waals surface area contributed by atoms with E-state index in [4.69, 9.17) is 10.5 Å². The molecular weight excluding hydrogens is 654 g/mol. The van der Waals surface area contributed by atoms with Crippen molar-refractivity contribution in [3.63, 3.8) is 0 Å². The van der Waals surface area contributed by atoms with Gasteiger partial charge >= 0.3 is 0 Å². The van der Waals surface area contributed by atoms with Crippen LogP contribution in [0.2, 0.25) is 0 Å². The first-order valence-electron chi connectivity index (χ1n) is 19.6. The highest BCUT2D eigenvalue weighted by Crippen LogP contribution is 2.51. The molecule has 9 heteroatoms. The summed E-state index contributed by atoms with van der Waals surface area (Å²) in [6, 6.07) is 9.43. The number of nitrogens with one attached hydrogen (secondary N) is 2. The molecule has 0 unspecified atom stereocenters. The van der Waals surface area contributed by atoms with Crippen LogP contribution in [0.25, 0.3) is 0 Å². The van der Waals surface area contributed by atoms with E-state index in [0.29, 0.717) is 37.5 Å². The fourth-order valence-electron chi connectivity index (χ4n) is 9.34. The number of aliphatic hydroxyl groups excluding tert-OH is 4. The SMILES string of the molecule is CC[C@@H]1C#C[C@@H]2C=C[C@@H](c3ccc(O)c(O[C@H](C[C@H](C4=CCNC(N)=C4)C4(c5ccc[nH]5)CCCC4)[C@H](O)CCO)c3)C[C@@H](O)[C@H]2[C@@H](O)CCCC1. The zero-order valence-corrected chi connectivity index (χ0v) is 30.6. The summed E-state index contributed by atoms with van der Waals surface area (Å²) in [5, 5.41) is 58.7. The average molecular weight is 714 g/mol. The van der Waals surface area contributed by atoms with Gasteiger partial charge in [0, 0.05) is 60.5 Å². The fourth-order valence-corrected chi connectivity index (χ4v) is 9.34. The van der Waals surface area contributed by atoms with Crippen molar-refractivity contribution in [2.24, 2.45) is 29.4 Å². The molecule has 52 heavy (non-hydrogen) atoms. The van der Waals surface area contributed by atoms with E-state index in [1.54, 1.807) is 12.1 Å². The molecule has 6 rings (SSSR count). The molecule has 282 valence electrons. The quantitative estimate of drug-likeness (QED) is 0.103. The lowest BCUT2D eigenvalue weighted by atomic mass is 9.65. The number of hydrogen-bond donors (Lipinski definition) is 8. The van der Waals surface area contributed by atoms with E-state index in [0.717, 1.165) is 68.2 Å². The lowest BCUT2D eigenvalue weighted by Crippen LogP contribution is -2.42. The third-order valence-electron chi connectivity index (χ3n) is 12.3. The maximum Gasteiger partial charge on any atom is 0.161 e. The minimum Gasteiger partial charge on any atom is -0.504 e. The Bertz CT molecular complexity index is 1620. The molecule has 1 saturated carbocycles. The topological polar surface area (TPSA) is 164 Å². The molecular formula is C43H59N3O6. The van der Waals surface area contributed by atoms with Gasteiger partial charge in [0.25, 0.3) is 0 Å². The highest BCUT2D eigenvalue weighted by Gasteiger charge is 2.47. The van der Waals surface area contributed by atoms with Gasteiger partial charge in [0.15, 0.2) is 11.5 Å². The maximum atomic E-state index is 11.6. The van der Waals surface area contributed by atoms with Crippen LogP contribution in [0.4, 0.5) is 0 Å². The number of nitrogens with two attached hydrogens (primary N) is 1. The summed E-state index contributed by atoms with van der Waals surface area (Å²) >= 11 is 0. The molecule has 1 aromatic carbocycles. The molecule has 9 atom stereocenters. The van der Waals surface area contributed by atoms with E-state index in [1.807, 2.05) is 24.4 Å². The molecule has 3 aliphatic carbocycles. The first kappa shape index (κ1) is 38.1. The second-order valence-corrected chi connectivity index (χ2v) is 15.5. The highest BCUT2D eigenvalue weighted by molar-refractivity contribution is 5.45. The van der Waals surface area contributed by atoms with Crippen LogP contribution >= 0.6 is 0 Å². The van der Waals surface area contributed by atoms with Crippen LogP contribution in [0.15, 0.2) is 72.2 Å². The number of phenols is 1. The van der Waals surface area contributed by atoms with Crippen LogP contribution in [0.1, 0.15) is 101 Å². The summed E-state index contributed by atoms with van der Waals surface area (Å²) in [7, 11) is 0. The summed E-state index contributed by atoms with van der Waals surface area (Å²) in [6.45, 7) is 2.56. The smallest absolute Gasteiger partial charge is 0.161 e. The highest BCUT2D eigenvalue weighted by atomic mass is 16.5. The molecule has 4 aliphatic rings. The second-order valence-electron chi connectivity index (χ2n) is 15.5. The molecule has 0 spiro atoms. The van der Waals surface area contributed by atoms with E-state index in [2.05, 4.69) is 53.4 Å². The summed E-state index contributed by atoms with van der Waals surface area (Å²) in [6.07, 6.45) is 16.7. The molecule has 1 aliphatic heterocycles. The maximum absolute atomic E-state index is 11.6. The Morgan fingerprint density at radius 3 is 2.58 bits per heavy atom. The second kappa shape index (κ2) is 17.4. The Morgan fingerprint density at radius 1 is 1.04 bits per heavy atom. The van der Waals surface area contributed by atoms with Crippen LogP contribution in [-0.2, 0) is 5.41 Å². The third-order valence-corrected chi connectivity index (χ3v) is 12.3. The van der Waals surface area contributed by atoms with Crippen LogP contribution in [0.5, 0.6) is 11.5 Å². The van der Waals surface area contributed by atoms with E-state index in [9.17, 15) is 25.5 Å². The molecule has 2 aromatic rings. The van der Waals surface area contributed by atoms with Gasteiger partial charge in [-0.1, -0.05) is 68.7 Å². The van der Waals surface area contributed by atoms with Crippen LogP contribution in [0.3, 0.4) is 0 Å². The van der Waals surface area contributed by atoms with Crippen molar-refractivity contribution in [2.45, 2.75) is 120 Å². The van der Waals surface area contributed by atoms with Crippen molar-refractivity contribution in [1.29, 1.82) is 0 Å². The Morgan fingerprint density at radius 2 is 1.85 bits per heavy atom. The van der Waals surface area contributed by atoms with Gasteiger partial charge in [0.1, 0.15) is 6.10 Å². The summed E-state index contributed by atoms with van der Waals surface area (Å²) in [5.74, 6) is 7.06. The van der Waals surface area contributed by atoms with Gasteiger partial charge in [0.05, 0.1) is 24.1 Å². The molecule has 9 N–H and O–H groups in total. The molecule has 1 fully saturated rings. The molecule has 0 radical (unpaired) electrons.